The fourth-order valence-corrected chi connectivity index (χ4v) is 4.57. The Morgan fingerprint density at radius 1 is 1.06 bits per heavy atom. The van der Waals surface area contributed by atoms with Gasteiger partial charge in [0.15, 0.2) is 17.3 Å². The lowest BCUT2D eigenvalue weighted by Crippen LogP contribution is -2.28. The van der Waals surface area contributed by atoms with Gasteiger partial charge in [-0.3, -0.25) is 0 Å². The Morgan fingerprint density at radius 3 is 2.68 bits per heavy atom. The highest BCUT2D eigenvalue weighted by molar-refractivity contribution is 6.31. The predicted molar refractivity (Wildman–Crippen MR) is 130 cm³/mol. The van der Waals surface area contributed by atoms with E-state index in [0.29, 0.717) is 52.5 Å². The van der Waals surface area contributed by atoms with Crippen molar-refractivity contribution < 1.29 is 8.78 Å². The molecule has 2 aromatic heterocycles. The molecule has 0 radical (unpaired) electrons. The number of hydrogen-bond donors (Lipinski definition) is 2. The van der Waals surface area contributed by atoms with Crippen LogP contribution in [0.5, 0.6) is 0 Å². The van der Waals surface area contributed by atoms with E-state index >= 15 is 0 Å². The second-order valence-electron chi connectivity index (χ2n) is 8.55. The molecule has 1 saturated heterocycles. The first-order valence-electron chi connectivity index (χ1n) is 11.4. The van der Waals surface area contributed by atoms with Gasteiger partial charge in [0.05, 0.1) is 6.20 Å². The van der Waals surface area contributed by atoms with Gasteiger partial charge in [-0.15, -0.1) is 0 Å². The van der Waals surface area contributed by atoms with Crippen LogP contribution in [0.1, 0.15) is 24.8 Å². The molecule has 4 aromatic rings. The van der Waals surface area contributed by atoms with E-state index < -0.39 is 11.6 Å². The monoisotopic (exact) mass is 482 g/mol. The Kier molecular flexibility index (Phi) is 6.69. The highest BCUT2D eigenvalue weighted by Crippen LogP contribution is 2.28. The van der Waals surface area contributed by atoms with Crippen LogP contribution in [0.25, 0.3) is 22.6 Å². The van der Waals surface area contributed by atoms with Gasteiger partial charge < -0.3 is 15.2 Å². The van der Waals surface area contributed by atoms with Crippen LogP contribution in [-0.4, -0.2) is 32.6 Å². The number of piperidine rings is 1. The minimum absolute atomic E-state index is 0.451. The van der Waals surface area contributed by atoms with Gasteiger partial charge in [0.2, 0.25) is 5.95 Å². The molecule has 0 bridgehead atoms. The number of benzene rings is 2. The number of aromatic nitrogens is 4. The van der Waals surface area contributed by atoms with E-state index in [0.717, 1.165) is 44.0 Å². The van der Waals surface area contributed by atoms with Crippen molar-refractivity contribution in [3.8, 4) is 11.4 Å². The number of halogens is 3. The third kappa shape index (κ3) is 4.88. The molecule has 0 atom stereocenters. The Morgan fingerprint density at radius 2 is 1.88 bits per heavy atom. The molecule has 3 heterocycles. The highest BCUT2D eigenvalue weighted by atomic mass is 35.5. The number of rotatable bonds is 7. The highest BCUT2D eigenvalue weighted by Gasteiger charge is 2.19. The van der Waals surface area contributed by atoms with E-state index in [2.05, 4.69) is 20.6 Å². The minimum Gasteiger partial charge on any atom is -0.350 e. The number of nitrogens with one attached hydrogen (secondary N) is 2. The number of hydrogen-bond acceptors (Lipinski definition) is 5. The molecule has 9 heteroatoms. The van der Waals surface area contributed by atoms with E-state index in [4.69, 9.17) is 16.6 Å². The van der Waals surface area contributed by atoms with Crippen LogP contribution >= 0.6 is 11.6 Å². The maximum Gasteiger partial charge on any atom is 0.225 e. The van der Waals surface area contributed by atoms with E-state index in [1.165, 1.54) is 6.07 Å². The van der Waals surface area contributed by atoms with Gasteiger partial charge in [-0.25, -0.2) is 18.7 Å². The molecular weight excluding hydrogens is 458 g/mol. The van der Waals surface area contributed by atoms with Crippen molar-refractivity contribution in [2.75, 3.05) is 18.4 Å². The number of anilines is 1. The minimum atomic E-state index is -0.900. The SMILES string of the molecule is Fc1ccc(-c2nc3cnc(NCc4ccccc4Cl)nc3n2CCC2CCNCC2)cc1F. The summed E-state index contributed by atoms with van der Waals surface area (Å²) in [4.78, 5) is 13.8. The molecule has 0 aliphatic carbocycles. The van der Waals surface area contributed by atoms with Gasteiger partial charge in [-0.05, 0) is 68.1 Å². The summed E-state index contributed by atoms with van der Waals surface area (Å²) in [5, 5.41) is 7.29. The lowest BCUT2D eigenvalue weighted by atomic mass is 9.95. The summed E-state index contributed by atoms with van der Waals surface area (Å²) in [6.45, 7) is 3.19. The average molecular weight is 483 g/mol. The molecule has 2 aromatic carbocycles. The maximum atomic E-state index is 14.0. The zero-order valence-electron chi connectivity index (χ0n) is 18.6. The van der Waals surface area contributed by atoms with Crippen molar-refractivity contribution in [3.05, 3.63) is 70.9 Å². The Labute approximate surface area is 201 Å². The largest absolute Gasteiger partial charge is 0.350 e. The molecule has 34 heavy (non-hydrogen) atoms. The third-order valence-corrected chi connectivity index (χ3v) is 6.65. The standard InChI is InChI=1S/C25H25ClF2N6/c26-19-4-2-1-3-18(19)14-30-25-31-15-22-24(33-25)34(12-9-16-7-10-29-11-8-16)23(32-22)17-5-6-20(27)21(28)13-17/h1-6,13,15-16,29H,7-12,14H2,(H,30,31,33). The van der Waals surface area contributed by atoms with Gasteiger partial charge in [0.25, 0.3) is 0 Å². The van der Waals surface area contributed by atoms with Crippen LogP contribution in [0.15, 0.2) is 48.7 Å². The molecule has 176 valence electrons. The molecule has 2 N–H and O–H groups in total. The average Bonchev–Trinajstić information content (AvgIpc) is 3.22. The van der Waals surface area contributed by atoms with Crippen molar-refractivity contribution in [3.63, 3.8) is 0 Å². The molecule has 1 aliphatic rings. The van der Waals surface area contributed by atoms with Crippen LogP contribution in [0.2, 0.25) is 5.02 Å². The lowest BCUT2D eigenvalue weighted by molar-refractivity contribution is 0.339. The molecule has 0 amide bonds. The second kappa shape index (κ2) is 10.0. The molecule has 0 unspecified atom stereocenters. The summed E-state index contributed by atoms with van der Waals surface area (Å²) in [5.41, 5.74) is 2.71. The van der Waals surface area contributed by atoms with Gasteiger partial charge in [-0.2, -0.15) is 4.98 Å². The van der Waals surface area contributed by atoms with E-state index in [-0.39, 0.29) is 0 Å². The number of imidazole rings is 1. The Balaban J connectivity index is 1.48. The first kappa shape index (κ1) is 22.7. The van der Waals surface area contributed by atoms with E-state index in [1.54, 1.807) is 12.3 Å². The van der Waals surface area contributed by atoms with Gasteiger partial charge in [-0.1, -0.05) is 29.8 Å². The Hall–Kier alpha value is -3.10. The van der Waals surface area contributed by atoms with Crippen molar-refractivity contribution in [2.24, 2.45) is 5.92 Å². The fourth-order valence-electron chi connectivity index (χ4n) is 4.37. The number of nitrogens with zero attached hydrogens (tertiary/aromatic N) is 4. The van der Waals surface area contributed by atoms with E-state index in [9.17, 15) is 8.78 Å². The van der Waals surface area contributed by atoms with E-state index in [1.807, 2.05) is 28.8 Å². The smallest absolute Gasteiger partial charge is 0.225 e. The molecule has 5 rings (SSSR count). The quantitative estimate of drug-likeness (QED) is 0.368. The van der Waals surface area contributed by atoms with Crippen LogP contribution < -0.4 is 10.6 Å². The van der Waals surface area contributed by atoms with Crippen molar-refractivity contribution in [2.45, 2.75) is 32.4 Å². The number of fused-ring (bicyclic) bond motifs is 1. The first-order valence-corrected chi connectivity index (χ1v) is 11.8. The van der Waals surface area contributed by atoms with Crippen molar-refractivity contribution >= 4 is 28.7 Å². The van der Waals surface area contributed by atoms with Crippen molar-refractivity contribution in [1.82, 2.24) is 24.8 Å². The zero-order chi connectivity index (χ0) is 23.5. The van der Waals surface area contributed by atoms with Gasteiger partial charge in [0.1, 0.15) is 11.3 Å². The summed E-state index contributed by atoms with van der Waals surface area (Å²) in [6.07, 6.45) is 4.84. The molecule has 0 saturated carbocycles. The summed E-state index contributed by atoms with van der Waals surface area (Å²) in [7, 11) is 0. The fraction of sp³-hybridized carbons (Fsp3) is 0.320. The maximum absolute atomic E-state index is 14.0. The third-order valence-electron chi connectivity index (χ3n) is 6.28. The summed E-state index contributed by atoms with van der Waals surface area (Å²) in [6, 6.07) is 11.5. The van der Waals surface area contributed by atoms with Crippen LogP contribution in [0.3, 0.4) is 0 Å². The lowest BCUT2D eigenvalue weighted by Gasteiger charge is -2.23. The summed E-state index contributed by atoms with van der Waals surface area (Å²) >= 11 is 6.26. The van der Waals surface area contributed by atoms with Crippen LogP contribution in [0.4, 0.5) is 14.7 Å². The molecule has 6 nitrogen and oxygen atoms in total. The van der Waals surface area contributed by atoms with Crippen LogP contribution in [-0.2, 0) is 13.1 Å². The molecule has 0 spiro atoms. The Bertz CT molecular complexity index is 1300. The first-order chi connectivity index (χ1) is 16.6. The normalized spacial score (nSPS) is 14.6. The molecular formula is C25H25ClF2N6. The summed E-state index contributed by atoms with van der Waals surface area (Å²) in [5.74, 6) is -0.182. The van der Waals surface area contributed by atoms with Crippen LogP contribution in [0, 0.1) is 17.6 Å². The second-order valence-corrected chi connectivity index (χ2v) is 8.95. The van der Waals surface area contributed by atoms with Crippen molar-refractivity contribution in [1.29, 1.82) is 0 Å². The predicted octanol–water partition coefficient (Wildman–Crippen LogP) is 5.43. The number of aryl methyl sites for hydroxylation is 1. The zero-order valence-corrected chi connectivity index (χ0v) is 19.3. The molecule has 1 aliphatic heterocycles. The summed E-state index contributed by atoms with van der Waals surface area (Å²) < 4.78 is 29.6. The van der Waals surface area contributed by atoms with Gasteiger partial charge >= 0.3 is 0 Å². The molecule has 1 fully saturated rings. The van der Waals surface area contributed by atoms with Gasteiger partial charge in [0, 0.05) is 23.7 Å². The topological polar surface area (TPSA) is 67.7 Å².